The zero-order valence-corrected chi connectivity index (χ0v) is 11.9. The van der Waals surface area contributed by atoms with Crippen LogP contribution in [0.5, 0.6) is 5.75 Å². The lowest BCUT2D eigenvalue weighted by molar-refractivity contribution is 0.0957. The van der Waals surface area contributed by atoms with Crippen molar-refractivity contribution in [1.29, 1.82) is 0 Å². The summed E-state index contributed by atoms with van der Waals surface area (Å²) >= 11 is 7.25. The van der Waals surface area contributed by atoms with Crippen molar-refractivity contribution in [3.63, 3.8) is 0 Å². The molecule has 6 heteroatoms. The first-order chi connectivity index (χ1) is 9.66. The zero-order chi connectivity index (χ0) is 14.1. The van der Waals surface area contributed by atoms with Crippen LogP contribution in [0.1, 0.15) is 25.6 Å². The van der Waals surface area contributed by atoms with Gasteiger partial charge in [0.1, 0.15) is 12.4 Å². The van der Waals surface area contributed by atoms with Gasteiger partial charge in [-0.25, -0.2) is 0 Å². The van der Waals surface area contributed by atoms with E-state index >= 15 is 0 Å². The van der Waals surface area contributed by atoms with Crippen LogP contribution in [0.15, 0.2) is 29.6 Å². The smallest absolute Gasteiger partial charge is 0.255 e. The number of thiophene rings is 1. The fraction of sp³-hybridized carbons (Fsp3) is 0.143. The molecule has 0 saturated heterocycles. The second-order valence-electron chi connectivity index (χ2n) is 4.24. The molecular weight excluding hydrogens is 298 g/mol. The standard InChI is InChI=1S/C14H10ClNO3S/c15-10-3-6-20-13(10)12(17)8-1-2-11-9(7-8)14(18)16-4-5-19-11/h1-3,6-7H,4-5H2,(H,16,18). The van der Waals surface area contributed by atoms with Gasteiger partial charge in [0.05, 0.1) is 22.0 Å². The number of amides is 1. The quantitative estimate of drug-likeness (QED) is 0.868. The summed E-state index contributed by atoms with van der Waals surface area (Å²) in [5.74, 6) is 0.0723. The Morgan fingerprint density at radius 3 is 2.95 bits per heavy atom. The van der Waals surface area contributed by atoms with Crippen molar-refractivity contribution in [1.82, 2.24) is 5.32 Å². The zero-order valence-electron chi connectivity index (χ0n) is 10.3. The number of hydrogen-bond donors (Lipinski definition) is 1. The van der Waals surface area contributed by atoms with Gasteiger partial charge in [-0.15, -0.1) is 11.3 Å². The van der Waals surface area contributed by atoms with Gasteiger partial charge in [0.2, 0.25) is 5.78 Å². The van der Waals surface area contributed by atoms with Crippen molar-refractivity contribution >= 4 is 34.6 Å². The van der Waals surface area contributed by atoms with E-state index in [0.717, 1.165) is 0 Å². The summed E-state index contributed by atoms with van der Waals surface area (Å²) in [5.41, 5.74) is 0.801. The molecule has 1 aliphatic rings. The molecule has 0 spiro atoms. The monoisotopic (exact) mass is 307 g/mol. The van der Waals surface area contributed by atoms with E-state index in [1.807, 2.05) is 0 Å². The molecule has 2 heterocycles. The maximum atomic E-state index is 12.4. The molecular formula is C14H10ClNO3S. The molecule has 0 atom stereocenters. The van der Waals surface area contributed by atoms with Gasteiger partial charge >= 0.3 is 0 Å². The number of carbonyl (C=O) groups is 2. The van der Waals surface area contributed by atoms with E-state index in [2.05, 4.69) is 5.32 Å². The number of ether oxygens (including phenoxy) is 1. The normalized spacial score (nSPS) is 13.9. The third kappa shape index (κ3) is 2.30. The van der Waals surface area contributed by atoms with E-state index in [0.29, 0.717) is 39.9 Å². The minimum atomic E-state index is -0.232. The first kappa shape index (κ1) is 13.1. The van der Waals surface area contributed by atoms with E-state index in [9.17, 15) is 9.59 Å². The number of hydrogen-bond acceptors (Lipinski definition) is 4. The van der Waals surface area contributed by atoms with Crippen LogP contribution in [0.25, 0.3) is 0 Å². The predicted octanol–water partition coefficient (Wildman–Crippen LogP) is 2.75. The first-order valence-electron chi connectivity index (χ1n) is 5.99. The van der Waals surface area contributed by atoms with Crippen LogP contribution in [0.2, 0.25) is 5.02 Å². The van der Waals surface area contributed by atoms with Crippen molar-refractivity contribution in [3.05, 3.63) is 50.7 Å². The lowest BCUT2D eigenvalue weighted by Gasteiger charge is -2.07. The fourth-order valence-corrected chi connectivity index (χ4v) is 3.09. The van der Waals surface area contributed by atoms with Crippen LogP contribution >= 0.6 is 22.9 Å². The molecule has 0 radical (unpaired) electrons. The van der Waals surface area contributed by atoms with Crippen LogP contribution in [0.4, 0.5) is 0 Å². The van der Waals surface area contributed by atoms with Gasteiger partial charge in [-0.1, -0.05) is 11.6 Å². The molecule has 1 amide bonds. The maximum absolute atomic E-state index is 12.4. The highest BCUT2D eigenvalue weighted by atomic mass is 35.5. The molecule has 4 nitrogen and oxygen atoms in total. The highest BCUT2D eigenvalue weighted by Crippen LogP contribution is 2.28. The second-order valence-corrected chi connectivity index (χ2v) is 5.57. The Morgan fingerprint density at radius 2 is 2.20 bits per heavy atom. The van der Waals surface area contributed by atoms with Crippen molar-refractivity contribution in [2.75, 3.05) is 13.2 Å². The predicted molar refractivity (Wildman–Crippen MR) is 77.0 cm³/mol. The molecule has 0 unspecified atom stereocenters. The van der Waals surface area contributed by atoms with Crippen LogP contribution in [0, 0.1) is 0 Å². The third-order valence-electron chi connectivity index (χ3n) is 2.95. The number of halogens is 1. The Kier molecular flexibility index (Phi) is 3.46. The number of fused-ring (bicyclic) bond motifs is 1. The molecule has 0 bridgehead atoms. The van der Waals surface area contributed by atoms with Crippen molar-refractivity contribution in [2.45, 2.75) is 0 Å². The summed E-state index contributed by atoms with van der Waals surface area (Å²) < 4.78 is 5.45. The van der Waals surface area contributed by atoms with Crippen molar-refractivity contribution in [2.24, 2.45) is 0 Å². The van der Waals surface area contributed by atoms with Gasteiger partial charge in [0, 0.05) is 5.56 Å². The van der Waals surface area contributed by atoms with Gasteiger partial charge in [0.15, 0.2) is 0 Å². The summed E-state index contributed by atoms with van der Waals surface area (Å²) in [6, 6.07) is 6.53. The number of ketones is 1. The molecule has 0 fully saturated rings. The molecule has 1 aliphatic heterocycles. The van der Waals surface area contributed by atoms with Gasteiger partial charge in [-0.05, 0) is 29.6 Å². The number of nitrogens with one attached hydrogen (secondary N) is 1. The molecule has 2 aromatic rings. The minimum absolute atomic E-state index is 0.190. The summed E-state index contributed by atoms with van der Waals surface area (Å²) in [6.45, 7) is 0.871. The van der Waals surface area contributed by atoms with E-state index in [-0.39, 0.29) is 11.7 Å². The molecule has 20 heavy (non-hydrogen) atoms. The molecule has 1 N–H and O–H groups in total. The highest BCUT2D eigenvalue weighted by Gasteiger charge is 2.20. The van der Waals surface area contributed by atoms with E-state index in [1.165, 1.54) is 11.3 Å². The largest absolute Gasteiger partial charge is 0.491 e. The Balaban J connectivity index is 2.02. The van der Waals surface area contributed by atoms with Crippen LogP contribution in [-0.4, -0.2) is 24.8 Å². The van der Waals surface area contributed by atoms with Gasteiger partial charge in [0.25, 0.3) is 5.91 Å². The Morgan fingerprint density at radius 1 is 1.35 bits per heavy atom. The highest BCUT2D eigenvalue weighted by molar-refractivity contribution is 7.13. The Bertz CT molecular complexity index is 695. The number of benzene rings is 1. The lowest BCUT2D eigenvalue weighted by atomic mass is 10.0. The Hall–Kier alpha value is -1.85. The minimum Gasteiger partial charge on any atom is -0.491 e. The molecule has 0 aliphatic carbocycles. The average molecular weight is 308 g/mol. The SMILES string of the molecule is O=C1NCCOc2ccc(C(=O)c3sccc3Cl)cc21. The van der Waals surface area contributed by atoms with Crippen LogP contribution in [-0.2, 0) is 0 Å². The topological polar surface area (TPSA) is 55.4 Å². The third-order valence-corrected chi connectivity index (χ3v) is 4.30. The Labute approximate surface area is 124 Å². The van der Waals surface area contributed by atoms with Gasteiger partial charge in [-0.2, -0.15) is 0 Å². The molecule has 102 valence electrons. The molecule has 3 rings (SSSR count). The van der Waals surface area contributed by atoms with Gasteiger partial charge < -0.3 is 10.1 Å². The lowest BCUT2D eigenvalue weighted by Crippen LogP contribution is -2.24. The second kappa shape index (κ2) is 5.26. The molecule has 1 aromatic heterocycles. The fourth-order valence-electron chi connectivity index (χ4n) is 1.98. The van der Waals surface area contributed by atoms with Crippen molar-refractivity contribution in [3.8, 4) is 5.75 Å². The first-order valence-corrected chi connectivity index (χ1v) is 7.25. The van der Waals surface area contributed by atoms with Crippen LogP contribution in [0.3, 0.4) is 0 Å². The number of carbonyl (C=O) groups excluding carboxylic acids is 2. The summed E-state index contributed by atoms with van der Waals surface area (Å²) in [7, 11) is 0. The van der Waals surface area contributed by atoms with E-state index in [4.69, 9.17) is 16.3 Å². The summed E-state index contributed by atoms with van der Waals surface area (Å²) in [6.07, 6.45) is 0. The van der Waals surface area contributed by atoms with Crippen LogP contribution < -0.4 is 10.1 Å². The molecule has 0 saturated carbocycles. The summed E-state index contributed by atoms with van der Waals surface area (Å²) in [5, 5.41) is 4.90. The maximum Gasteiger partial charge on any atom is 0.255 e. The number of rotatable bonds is 2. The summed E-state index contributed by atoms with van der Waals surface area (Å²) in [4.78, 5) is 24.7. The molecule has 1 aromatic carbocycles. The van der Waals surface area contributed by atoms with Crippen molar-refractivity contribution < 1.29 is 14.3 Å². The van der Waals surface area contributed by atoms with E-state index < -0.39 is 0 Å². The van der Waals surface area contributed by atoms with Gasteiger partial charge in [-0.3, -0.25) is 9.59 Å². The van der Waals surface area contributed by atoms with E-state index in [1.54, 1.807) is 29.6 Å². The average Bonchev–Trinajstić information content (AvgIpc) is 2.79.